The largest absolute Gasteiger partial charge is 0.397 e. The van der Waals surface area contributed by atoms with Crippen LogP contribution >= 0.6 is 0 Å². The van der Waals surface area contributed by atoms with Crippen molar-refractivity contribution in [3.05, 3.63) is 66.0 Å². The van der Waals surface area contributed by atoms with Crippen LogP contribution in [0.3, 0.4) is 0 Å². The molecule has 4 heteroatoms. The van der Waals surface area contributed by atoms with Crippen molar-refractivity contribution in [3.8, 4) is 0 Å². The molecule has 1 unspecified atom stereocenters. The zero-order valence-corrected chi connectivity index (χ0v) is 14.3. The van der Waals surface area contributed by atoms with Crippen LogP contribution in [-0.4, -0.2) is 29.5 Å². The van der Waals surface area contributed by atoms with Gasteiger partial charge >= 0.3 is 0 Å². The van der Waals surface area contributed by atoms with Crippen molar-refractivity contribution in [1.82, 2.24) is 15.2 Å². The lowest BCUT2D eigenvalue weighted by molar-refractivity contribution is 0.220. The highest BCUT2D eigenvalue weighted by atomic mass is 15.1. The number of pyridine rings is 1. The highest BCUT2D eigenvalue weighted by Crippen LogP contribution is 2.19. The molecule has 126 valence electrons. The van der Waals surface area contributed by atoms with E-state index in [1.807, 2.05) is 6.07 Å². The number of aromatic nitrogens is 1. The van der Waals surface area contributed by atoms with Gasteiger partial charge in [-0.15, -0.1) is 0 Å². The lowest BCUT2D eigenvalue weighted by Gasteiger charge is -2.31. The Balaban J connectivity index is 1.48. The normalized spacial score (nSPS) is 15.5. The van der Waals surface area contributed by atoms with Crippen molar-refractivity contribution in [1.29, 1.82) is 0 Å². The molecule has 0 fully saturated rings. The summed E-state index contributed by atoms with van der Waals surface area (Å²) in [4.78, 5) is 6.65. The van der Waals surface area contributed by atoms with Gasteiger partial charge in [-0.2, -0.15) is 0 Å². The number of nitrogens with zero attached hydrogens (tertiary/aromatic N) is 2. The van der Waals surface area contributed by atoms with Gasteiger partial charge in [-0.1, -0.05) is 37.8 Å². The topological polar surface area (TPSA) is 54.2 Å². The number of nitrogen functional groups attached to an aromatic ring is 1. The fourth-order valence-electron chi connectivity index (χ4n) is 3.24. The van der Waals surface area contributed by atoms with Crippen LogP contribution in [-0.2, 0) is 13.0 Å². The predicted molar refractivity (Wildman–Crippen MR) is 100 cm³/mol. The molecule has 24 heavy (non-hydrogen) atoms. The molecule has 0 bridgehead atoms. The van der Waals surface area contributed by atoms with Crippen molar-refractivity contribution in [2.75, 3.05) is 25.4 Å². The van der Waals surface area contributed by atoms with E-state index in [4.69, 9.17) is 5.73 Å². The van der Waals surface area contributed by atoms with Crippen LogP contribution in [0.1, 0.15) is 23.6 Å². The summed E-state index contributed by atoms with van der Waals surface area (Å²) in [6, 6.07) is 10.7. The van der Waals surface area contributed by atoms with E-state index in [0.717, 1.165) is 43.9 Å². The van der Waals surface area contributed by atoms with Gasteiger partial charge in [0.15, 0.2) is 0 Å². The van der Waals surface area contributed by atoms with E-state index >= 15 is 0 Å². The summed E-state index contributed by atoms with van der Waals surface area (Å²) >= 11 is 0. The maximum Gasteiger partial charge on any atom is 0.0507 e. The Bertz CT molecular complexity index is 710. The van der Waals surface area contributed by atoms with Gasteiger partial charge in [-0.25, -0.2) is 0 Å². The maximum absolute atomic E-state index is 5.78. The number of rotatable bonds is 6. The molecule has 1 aromatic heterocycles. The molecule has 3 rings (SSSR count). The van der Waals surface area contributed by atoms with Crippen LogP contribution in [0.25, 0.3) is 5.70 Å². The molecule has 1 aliphatic rings. The second-order valence-corrected chi connectivity index (χ2v) is 6.73. The molecule has 0 saturated heterocycles. The number of hydrogen-bond donors (Lipinski definition) is 2. The number of anilines is 1. The fourth-order valence-corrected chi connectivity index (χ4v) is 3.24. The standard InChI is InChI=1S/C20H26N4/c1-15(10-23-16(2)19-9-20(21)12-22-11-19)13-24-8-7-17-5-3-4-6-18(17)14-24/h3-6,9,11-12,15,23H,2,7-8,10,13-14,21H2,1H3. The molecule has 1 aromatic carbocycles. The van der Waals surface area contributed by atoms with E-state index in [0.29, 0.717) is 11.6 Å². The van der Waals surface area contributed by atoms with Crippen LogP contribution in [0, 0.1) is 5.92 Å². The van der Waals surface area contributed by atoms with Gasteiger partial charge in [-0.05, 0) is 29.5 Å². The van der Waals surface area contributed by atoms with Gasteiger partial charge in [0, 0.05) is 49.8 Å². The van der Waals surface area contributed by atoms with Crippen LogP contribution in [0.15, 0.2) is 49.3 Å². The van der Waals surface area contributed by atoms with Crippen molar-refractivity contribution in [2.24, 2.45) is 5.92 Å². The molecular formula is C20H26N4. The van der Waals surface area contributed by atoms with E-state index in [2.05, 4.69) is 53.0 Å². The molecule has 0 saturated carbocycles. The second kappa shape index (κ2) is 7.49. The second-order valence-electron chi connectivity index (χ2n) is 6.73. The smallest absolute Gasteiger partial charge is 0.0507 e. The van der Waals surface area contributed by atoms with Crippen molar-refractivity contribution < 1.29 is 0 Å². The van der Waals surface area contributed by atoms with Crippen molar-refractivity contribution in [2.45, 2.75) is 19.9 Å². The molecule has 0 spiro atoms. The Labute approximate surface area is 144 Å². The first-order valence-corrected chi connectivity index (χ1v) is 8.54. The highest BCUT2D eigenvalue weighted by molar-refractivity contribution is 5.63. The number of nitrogens with two attached hydrogens (primary N) is 1. The Morgan fingerprint density at radius 2 is 2.12 bits per heavy atom. The Hall–Kier alpha value is -2.33. The van der Waals surface area contributed by atoms with Crippen LogP contribution in [0.4, 0.5) is 5.69 Å². The predicted octanol–water partition coefficient (Wildman–Crippen LogP) is 2.92. The molecular weight excluding hydrogens is 296 g/mol. The van der Waals surface area contributed by atoms with Crippen molar-refractivity contribution in [3.63, 3.8) is 0 Å². The molecule has 0 radical (unpaired) electrons. The SMILES string of the molecule is C=C(NCC(C)CN1CCc2ccccc2C1)c1cncc(N)c1. The first-order chi connectivity index (χ1) is 11.6. The Morgan fingerprint density at radius 1 is 1.33 bits per heavy atom. The third kappa shape index (κ3) is 4.15. The van der Waals surface area contributed by atoms with Gasteiger partial charge in [0.25, 0.3) is 0 Å². The lowest BCUT2D eigenvalue weighted by Crippen LogP contribution is -2.36. The summed E-state index contributed by atoms with van der Waals surface area (Å²) in [7, 11) is 0. The van der Waals surface area contributed by atoms with Crippen LogP contribution < -0.4 is 11.1 Å². The monoisotopic (exact) mass is 322 g/mol. The van der Waals surface area contributed by atoms with Crippen molar-refractivity contribution >= 4 is 11.4 Å². The third-order valence-electron chi connectivity index (χ3n) is 4.55. The van der Waals surface area contributed by atoms with Gasteiger partial charge in [0.2, 0.25) is 0 Å². The maximum atomic E-state index is 5.78. The third-order valence-corrected chi connectivity index (χ3v) is 4.55. The summed E-state index contributed by atoms with van der Waals surface area (Å²) in [5, 5.41) is 3.42. The molecule has 2 heterocycles. The molecule has 2 aromatic rings. The summed E-state index contributed by atoms with van der Waals surface area (Å²) in [5.74, 6) is 0.543. The van der Waals surface area contributed by atoms with Gasteiger partial charge in [0.05, 0.1) is 5.69 Å². The molecule has 0 aliphatic carbocycles. The minimum Gasteiger partial charge on any atom is -0.397 e. The average molecular weight is 322 g/mol. The minimum atomic E-state index is 0.543. The van der Waals surface area contributed by atoms with Gasteiger partial charge in [-0.3, -0.25) is 9.88 Å². The summed E-state index contributed by atoms with van der Waals surface area (Å²) < 4.78 is 0. The molecule has 3 N–H and O–H groups in total. The van der Waals surface area contributed by atoms with Gasteiger partial charge < -0.3 is 11.1 Å². The van der Waals surface area contributed by atoms with E-state index in [1.54, 1.807) is 12.4 Å². The molecule has 1 aliphatic heterocycles. The number of fused-ring (bicyclic) bond motifs is 1. The minimum absolute atomic E-state index is 0.543. The number of nitrogens with one attached hydrogen (secondary N) is 1. The highest BCUT2D eigenvalue weighted by Gasteiger charge is 2.17. The number of hydrogen-bond acceptors (Lipinski definition) is 4. The van der Waals surface area contributed by atoms with Gasteiger partial charge in [0.1, 0.15) is 0 Å². The van der Waals surface area contributed by atoms with E-state index < -0.39 is 0 Å². The summed E-state index contributed by atoms with van der Waals surface area (Å²) in [6.45, 7) is 10.5. The first-order valence-electron chi connectivity index (χ1n) is 8.54. The van der Waals surface area contributed by atoms with E-state index in [9.17, 15) is 0 Å². The Kier molecular flexibility index (Phi) is 5.16. The first kappa shape index (κ1) is 16.5. The molecule has 0 amide bonds. The molecule has 4 nitrogen and oxygen atoms in total. The zero-order valence-electron chi connectivity index (χ0n) is 14.3. The van der Waals surface area contributed by atoms with Crippen LogP contribution in [0.2, 0.25) is 0 Å². The molecule has 1 atom stereocenters. The zero-order chi connectivity index (χ0) is 16.9. The average Bonchev–Trinajstić information content (AvgIpc) is 2.59. The number of benzene rings is 1. The lowest BCUT2D eigenvalue weighted by atomic mass is 9.99. The fraction of sp³-hybridized carbons (Fsp3) is 0.350. The van der Waals surface area contributed by atoms with E-state index in [1.165, 1.54) is 11.1 Å². The summed E-state index contributed by atoms with van der Waals surface area (Å²) in [5.41, 5.74) is 11.2. The van der Waals surface area contributed by atoms with E-state index in [-0.39, 0.29) is 0 Å². The quantitative estimate of drug-likeness (QED) is 0.858. The van der Waals surface area contributed by atoms with Crippen LogP contribution in [0.5, 0.6) is 0 Å². The summed E-state index contributed by atoms with van der Waals surface area (Å²) in [6.07, 6.45) is 4.59. The Morgan fingerprint density at radius 3 is 2.92 bits per heavy atom.